The van der Waals surface area contributed by atoms with Crippen LogP contribution in [-0.4, -0.2) is 6.61 Å². The lowest BCUT2D eigenvalue weighted by molar-refractivity contribution is -1.63. The van der Waals surface area contributed by atoms with Gasteiger partial charge in [-0.05, 0) is 9.49 Å². The lowest BCUT2D eigenvalue weighted by atomic mass is 10.0. The van der Waals surface area contributed by atoms with E-state index in [9.17, 15) is 6.87 Å². The van der Waals surface area contributed by atoms with Crippen LogP contribution in [0.15, 0.2) is 0 Å². The first-order chi connectivity index (χ1) is 10.8. The highest BCUT2D eigenvalue weighted by Crippen LogP contribution is 2.13. The van der Waals surface area contributed by atoms with Crippen LogP contribution in [0.5, 0.6) is 0 Å². The van der Waals surface area contributed by atoms with E-state index in [4.69, 9.17) is 0 Å². The van der Waals surface area contributed by atoms with Gasteiger partial charge in [-0.1, -0.05) is 103 Å². The molecule has 0 aliphatic carbocycles. The molecule has 134 valence electrons. The summed E-state index contributed by atoms with van der Waals surface area (Å²) in [6.45, 7) is 2.67. The second-order valence-corrected chi connectivity index (χ2v) is 8.01. The molecule has 0 heterocycles. The molecule has 0 atom stereocenters. The van der Waals surface area contributed by atoms with E-state index >= 15 is 0 Å². The topological polar surface area (TPSA) is 55.3 Å². The quantitative estimate of drug-likeness (QED) is 0.245. The Bertz CT molecular complexity index is 201. The minimum Gasteiger partial charge on any atom is -0.396 e. The summed E-state index contributed by atoms with van der Waals surface area (Å²) in [6.07, 6.45) is 21.3. The van der Waals surface area contributed by atoms with Crippen molar-refractivity contribution in [1.82, 2.24) is 0 Å². The molecule has 0 N–H and O–H groups in total. The third kappa shape index (κ3) is 20.6. The molecule has 0 unspecified atom stereocenters. The Morgan fingerprint density at radius 1 is 0.545 bits per heavy atom. The van der Waals surface area contributed by atoms with Crippen molar-refractivity contribution in [3.05, 3.63) is 0 Å². The maximum absolute atomic E-state index is 10.3. The molecule has 0 spiro atoms. The molecule has 0 aromatic heterocycles. The van der Waals surface area contributed by atoms with Gasteiger partial charge in [0.25, 0.3) is 0 Å². The van der Waals surface area contributed by atoms with Gasteiger partial charge in [0.05, 0.1) is 0 Å². The van der Waals surface area contributed by atoms with Gasteiger partial charge in [0.2, 0.25) is 0 Å². The fourth-order valence-corrected chi connectivity index (χ4v) is 3.44. The molecule has 4 heteroatoms. The van der Waals surface area contributed by atoms with Crippen LogP contribution in [0.3, 0.4) is 0 Å². The minimum atomic E-state index is -3.41. The molecule has 0 amide bonds. The van der Waals surface area contributed by atoms with Crippen LogP contribution < -0.4 is 27.9 Å². The minimum absolute atomic E-state index is 0.399. The fourth-order valence-electron chi connectivity index (χ4n) is 2.77. The van der Waals surface area contributed by atoms with Gasteiger partial charge >= 0.3 is 21.1 Å². The van der Waals surface area contributed by atoms with Crippen LogP contribution in [0.4, 0.5) is 0 Å². The van der Waals surface area contributed by atoms with Crippen molar-refractivity contribution >= 4 is 0 Å². The molecule has 0 radical (unpaired) electrons. The number of hydrogen-bond acceptors (Lipinski definition) is 3. The van der Waals surface area contributed by atoms with Crippen molar-refractivity contribution in [2.45, 2.75) is 110 Å². The third-order valence-electron chi connectivity index (χ3n) is 4.16. The monoisotopic (exact) mass is 428 g/mol. The second kappa shape index (κ2) is 19.7. The summed E-state index contributed by atoms with van der Waals surface area (Å²) in [5.41, 5.74) is 0. The van der Waals surface area contributed by atoms with Crippen LogP contribution in [0.25, 0.3) is 0 Å². The van der Waals surface area contributed by atoms with Gasteiger partial charge in [0.15, 0.2) is 0 Å². The number of unbranched alkanes of at least 4 members (excludes halogenated alkanes) is 15. The van der Waals surface area contributed by atoms with Crippen LogP contribution in [0.1, 0.15) is 110 Å². The Hall–Kier alpha value is 0.610. The average molecular weight is 428 g/mol. The lowest BCUT2D eigenvalue weighted by Gasteiger charge is -2.03. The molecular weight excluding hydrogens is 391 g/mol. The lowest BCUT2D eigenvalue weighted by Crippen LogP contribution is -3.99. The third-order valence-corrected chi connectivity index (χ3v) is 5.11. The summed E-state index contributed by atoms with van der Waals surface area (Å²) in [7, 11) is 0. The van der Waals surface area contributed by atoms with Crippen molar-refractivity contribution in [2.24, 2.45) is 0 Å². The van der Waals surface area contributed by atoms with E-state index < -0.39 is 21.1 Å². The Kier molecular flexibility index (Phi) is 20.2. The number of hydrogen-bond donors (Lipinski definition) is 0. The maximum Gasteiger partial charge on any atom is 0.506 e. The van der Waals surface area contributed by atoms with E-state index in [1.54, 1.807) is 0 Å². The van der Waals surface area contributed by atoms with E-state index in [1.807, 2.05) is 0 Å². The summed E-state index contributed by atoms with van der Waals surface area (Å²) in [4.78, 5) is 0. The van der Waals surface area contributed by atoms with Crippen molar-refractivity contribution < 1.29 is 31.0 Å². The molecule has 0 saturated carbocycles. The van der Waals surface area contributed by atoms with Crippen molar-refractivity contribution in [1.29, 1.82) is 0 Å². The molecule has 0 aliphatic rings. The summed E-state index contributed by atoms with van der Waals surface area (Å²) in [6, 6.07) is 0. The molecule has 3 nitrogen and oxygen atoms in total. The van der Waals surface area contributed by atoms with Gasteiger partial charge in [0, 0.05) is 0 Å². The highest BCUT2D eigenvalue weighted by Gasteiger charge is 2.09. The average Bonchev–Trinajstić information content (AvgIpc) is 2.50. The maximum atomic E-state index is 10.3. The highest BCUT2D eigenvalue weighted by atomic mass is 127. The summed E-state index contributed by atoms with van der Waals surface area (Å²) in [5.74, 6) is 0. The molecule has 0 aliphatic heterocycles. The zero-order valence-corrected chi connectivity index (χ0v) is 16.8. The molecule has 0 bridgehead atoms. The summed E-state index contributed by atoms with van der Waals surface area (Å²) < 4.78 is 25.1. The number of rotatable bonds is 18. The molecule has 22 heavy (non-hydrogen) atoms. The van der Waals surface area contributed by atoms with Crippen LogP contribution in [-0.2, 0) is 3.07 Å². The molecule has 0 fully saturated rings. The van der Waals surface area contributed by atoms with E-state index in [1.165, 1.54) is 89.9 Å². The first-order valence-electron chi connectivity index (χ1n) is 9.46. The smallest absolute Gasteiger partial charge is 0.396 e. The van der Waals surface area contributed by atoms with Gasteiger partial charge < -0.3 is 6.87 Å². The van der Waals surface area contributed by atoms with Crippen molar-refractivity contribution in [3.63, 3.8) is 0 Å². The van der Waals surface area contributed by atoms with Gasteiger partial charge in [-0.25, -0.2) is 0 Å². The normalized spacial score (nSPS) is 11.5. The molecule has 0 aromatic carbocycles. The SMILES string of the molecule is CCCCCCCCCCCCCCCCCCO[I+2]([O-])[O-]. The van der Waals surface area contributed by atoms with E-state index in [0.717, 1.165) is 12.8 Å². The zero-order chi connectivity index (χ0) is 16.3. The Morgan fingerprint density at radius 3 is 1.18 bits per heavy atom. The zero-order valence-electron chi connectivity index (χ0n) is 14.6. The van der Waals surface area contributed by atoms with E-state index in [0.29, 0.717) is 6.61 Å². The highest BCUT2D eigenvalue weighted by molar-refractivity contribution is 4.49. The van der Waals surface area contributed by atoms with Gasteiger partial charge in [-0.3, -0.25) is 0 Å². The van der Waals surface area contributed by atoms with E-state index in [-0.39, 0.29) is 0 Å². The summed E-state index contributed by atoms with van der Waals surface area (Å²) in [5, 5.41) is 0. The summed E-state index contributed by atoms with van der Waals surface area (Å²) >= 11 is -3.41. The largest absolute Gasteiger partial charge is 0.506 e. The van der Waals surface area contributed by atoms with Crippen molar-refractivity contribution in [2.75, 3.05) is 6.61 Å². The predicted molar refractivity (Wildman–Crippen MR) is 85.5 cm³/mol. The first-order valence-corrected chi connectivity index (χ1v) is 12.1. The van der Waals surface area contributed by atoms with Crippen molar-refractivity contribution in [3.8, 4) is 0 Å². The van der Waals surface area contributed by atoms with Crippen LogP contribution >= 0.6 is 0 Å². The van der Waals surface area contributed by atoms with Crippen LogP contribution in [0, 0.1) is 0 Å². The van der Waals surface area contributed by atoms with Gasteiger partial charge in [0.1, 0.15) is 6.61 Å². The van der Waals surface area contributed by atoms with E-state index in [2.05, 4.69) is 9.99 Å². The molecule has 0 rings (SSSR count). The Labute approximate surface area is 147 Å². The predicted octanol–water partition coefficient (Wildman–Crippen LogP) is 1.35. The fraction of sp³-hybridized carbons (Fsp3) is 1.00. The number of halogens is 1. The first kappa shape index (κ1) is 22.6. The second-order valence-electron chi connectivity index (χ2n) is 6.31. The Balaban J connectivity index is 2.94. The standard InChI is InChI=1S/C18H37IO3/c1-2-3-4-5-6-7-8-9-10-11-12-13-14-15-16-17-18-22-19(20)21/h2-18H2,1H3. The molecular formula is C18H37IO3. The molecule has 0 aromatic rings. The molecule has 0 saturated heterocycles. The Morgan fingerprint density at radius 2 is 0.864 bits per heavy atom. The van der Waals surface area contributed by atoms with Gasteiger partial charge in [-0.15, -0.1) is 0 Å². The van der Waals surface area contributed by atoms with Gasteiger partial charge in [-0.2, -0.15) is 0 Å². The van der Waals surface area contributed by atoms with Crippen LogP contribution in [0.2, 0.25) is 0 Å².